The predicted molar refractivity (Wildman–Crippen MR) is 54.1 cm³/mol. The second kappa shape index (κ2) is 6.57. The average molecular weight is 256 g/mol. The van der Waals surface area contributed by atoms with Gasteiger partial charge in [0.25, 0.3) is 0 Å². The van der Waals surface area contributed by atoms with Gasteiger partial charge in [-0.3, -0.25) is 4.98 Å². The summed E-state index contributed by atoms with van der Waals surface area (Å²) in [5, 5.41) is 1.37. The quantitative estimate of drug-likeness (QED) is 0.660. The van der Waals surface area contributed by atoms with E-state index < -0.39 is 0 Å². The van der Waals surface area contributed by atoms with Gasteiger partial charge >= 0.3 is 26.2 Å². The molecule has 3 heteroatoms. The molecule has 1 nitrogen and oxygen atoms in total. The van der Waals surface area contributed by atoms with Gasteiger partial charge in [0.05, 0.1) is 5.52 Å². The van der Waals surface area contributed by atoms with Gasteiger partial charge in [-0.05, 0) is 12.1 Å². The molecule has 1 atom stereocenters. The molecule has 0 aliphatic heterocycles. The molecule has 0 amide bonds. The minimum absolute atomic E-state index is 0. The van der Waals surface area contributed by atoms with Crippen molar-refractivity contribution in [2.75, 3.05) is 0 Å². The van der Waals surface area contributed by atoms with E-state index in [0.717, 1.165) is 13.7 Å². The molecule has 0 aliphatic rings. The van der Waals surface area contributed by atoms with Crippen molar-refractivity contribution in [3.63, 3.8) is 0 Å². The fourth-order valence-corrected chi connectivity index (χ4v) is 1.71. The molecule has 2 aromatic rings. The van der Waals surface area contributed by atoms with E-state index in [-0.39, 0.29) is 41.1 Å². The minimum Gasteiger partial charge on any atom is -0.358 e. The number of hydrogen-bond acceptors (Lipinski definition) is 1. The number of hydrogen-bond donors (Lipinski definition) is 0. The smallest absolute Gasteiger partial charge is 0.358 e. The summed E-state index contributed by atoms with van der Waals surface area (Å²) in [5.41, 5.74) is 1.15. The molecule has 0 spiro atoms. The third kappa shape index (κ3) is 2.84. The van der Waals surface area contributed by atoms with E-state index in [0.29, 0.717) is 0 Å². The molecule has 1 heterocycles. The Morgan fingerprint density at radius 1 is 1.08 bits per heavy atom. The fourth-order valence-electron chi connectivity index (χ4n) is 0.880. The van der Waals surface area contributed by atoms with E-state index in [9.17, 15) is 0 Å². The van der Waals surface area contributed by atoms with Crippen LogP contribution in [-0.4, -0.2) is 4.98 Å². The summed E-state index contributed by atoms with van der Waals surface area (Å²) in [4.78, 5) is 4.19. The molecule has 12 heavy (non-hydrogen) atoms. The molecule has 62 valence electrons. The summed E-state index contributed by atoms with van der Waals surface area (Å²) in [5.74, 6) is 1.98. The zero-order valence-corrected chi connectivity index (χ0v) is 10.8. The van der Waals surface area contributed by atoms with Crippen LogP contribution < -0.4 is 0 Å². The van der Waals surface area contributed by atoms with E-state index in [1.807, 2.05) is 18.1 Å². The van der Waals surface area contributed by atoms with Crippen LogP contribution in [-0.2, 0) is 26.2 Å². The van der Waals surface area contributed by atoms with Gasteiger partial charge in [0, 0.05) is 11.0 Å². The summed E-state index contributed by atoms with van der Waals surface area (Å²) >= 11 is 0. The number of benzene rings is 1. The molecule has 0 N–H and O–H groups in total. The maximum Gasteiger partial charge on any atom is 2.00 e. The number of nitrogens with zero attached hydrogens (tertiary/aromatic N) is 1. The van der Waals surface area contributed by atoms with Crippen molar-refractivity contribution < 1.29 is 26.2 Å². The summed E-state index contributed by atoms with van der Waals surface area (Å²) in [7, 11) is 0.788. The summed E-state index contributed by atoms with van der Waals surface area (Å²) in [6, 6.07) is 8.25. The molecular weight excluding hydrogens is 244 g/mol. The molecule has 2 rings (SSSR count). The van der Waals surface area contributed by atoms with Crippen LogP contribution in [0.4, 0.5) is 0 Å². The van der Waals surface area contributed by atoms with Crippen LogP contribution in [0.15, 0.2) is 30.2 Å². The van der Waals surface area contributed by atoms with Crippen LogP contribution in [0.5, 0.6) is 0 Å². The first-order valence-corrected chi connectivity index (χ1v) is 3.93. The Labute approximate surface area is 94.8 Å². The van der Waals surface area contributed by atoms with E-state index >= 15 is 0 Å². The van der Waals surface area contributed by atoms with Crippen molar-refractivity contribution >= 4 is 18.8 Å². The Bertz CT molecular complexity index is 289. The van der Waals surface area contributed by atoms with Gasteiger partial charge < -0.3 is 14.9 Å². The van der Waals surface area contributed by atoms with Crippen LogP contribution in [0, 0.1) is 14.9 Å². The number of rotatable bonds is 0. The molecule has 1 aromatic heterocycles. The van der Waals surface area contributed by atoms with Crippen molar-refractivity contribution in [1.82, 2.24) is 4.98 Å². The van der Waals surface area contributed by atoms with E-state index in [4.69, 9.17) is 0 Å². The SMILES string of the molecule is [CH3-].[CH3-].[Zr+2].c1ccc2[pH]cnc2c1. The van der Waals surface area contributed by atoms with Crippen LogP contribution in [0.1, 0.15) is 0 Å². The summed E-state index contributed by atoms with van der Waals surface area (Å²) in [6.45, 7) is 0. The monoisotopic (exact) mass is 255 g/mol. The first kappa shape index (κ1) is 14.6. The molecule has 1 unspecified atom stereocenters. The van der Waals surface area contributed by atoms with Gasteiger partial charge in [-0.15, -0.1) is 8.19 Å². The predicted octanol–water partition coefficient (Wildman–Crippen LogP) is 3.16. The van der Waals surface area contributed by atoms with E-state index in [2.05, 4.69) is 17.1 Å². The third-order valence-electron chi connectivity index (χ3n) is 1.33. The van der Waals surface area contributed by atoms with Crippen molar-refractivity contribution in [2.45, 2.75) is 0 Å². The second-order valence-corrected chi connectivity index (χ2v) is 3.01. The molecule has 0 bridgehead atoms. The Kier molecular flexibility index (Phi) is 7.99. The zero-order chi connectivity index (χ0) is 6.10. The third-order valence-corrected chi connectivity index (χ3v) is 2.32. The number of para-hydroxylation sites is 1. The first-order chi connectivity index (χ1) is 4.47. The van der Waals surface area contributed by atoms with Crippen LogP contribution >= 0.6 is 8.19 Å². The zero-order valence-electron chi connectivity index (χ0n) is 7.33. The molecule has 0 saturated carbocycles. The normalized spacial score (nSPS) is 8.33. The summed E-state index contributed by atoms with van der Waals surface area (Å²) < 4.78 is 0. The second-order valence-electron chi connectivity index (χ2n) is 1.92. The van der Waals surface area contributed by atoms with Gasteiger partial charge in [-0.25, -0.2) is 0 Å². The number of aromatic nitrogens is 1. The van der Waals surface area contributed by atoms with Crippen molar-refractivity contribution in [3.8, 4) is 0 Å². The molecule has 0 radical (unpaired) electrons. The standard InChI is InChI=1S/C7H6NP.2CH3.Zr/c1-2-4-7-6(3-1)8-5-9-7;;;/h1-5,9H;2*1H3;/q;2*-1;+2. The van der Waals surface area contributed by atoms with Gasteiger partial charge in [0.2, 0.25) is 0 Å². The van der Waals surface area contributed by atoms with E-state index in [1.165, 1.54) is 5.12 Å². The molecule has 1 aromatic carbocycles. The Morgan fingerprint density at radius 3 is 2.42 bits per heavy atom. The Balaban J connectivity index is 0. The van der Waals surface area contributed by atoms with Crippen LogP contribution in [0.3, 0.4) is 0 Å². The van der Waals surface area contributed by atoms with Crippen molar-refractivity contribution in [1.29, 1.82) is 0 Å². The van der Waals surface area contributed by atoms with Gasteiger partial charge in [0.1, 0.15) is 0 Å². The van der Waals surface area contributed by atoms with Gasteiger partial charge in [-0.1, -0.05) is 12.1 Å². The minimum atomic E-state index is 0. The molecule has 0 fully saturated rings. The summed E-state index contributed by atoms with van der Waals surface area (Å²) in [6.07, 6.45) is 0. The first-order valence-electron chi connectivity index (χ1n) is 2.85. The molecule has 0 saturated heterocycles. The Morgan fingerprint density at radius 2 is 1.75 bits per heavy atom. The van der Waals surface area contributed by atoms with Crippen molar-refractivity contribution in [3.05, 3.63) is 45.0 Å². The maximum absolute atomic E-state index is 4.19. The average Bonchev–Trinajstić information content (AvgIpc) is 2.33. The van der Waals surface area contributed by atoms with Crippen LogP contribution in [0.25, 0.3) is 10.6 Å². The fraction of sp³-hybridized carbons (Fsp3) is 0. The topological polar surface area (TPSA) is 12.9 Å². The maximum atomic E-state index is 4.19. The number of fused-ring (bicyclic) bond motifs is 1. The molecule has 0 aliphatic carbocycles. The van der Waals surface area contributed by atoms with Gasteiger partial charge in [0.15, 0.2) is 0 Å². The van der Waals surface area contributed by atoms with Crippen LogP contribution in [0.2, 0.25) is 0 Å². The van der Waals surface area contributed by atoms with E-state index in [1.54, 1.807) is 0 Å². The Hall–Kier alpha value is 0.0731. The van der Waals surface area contributed by atoms with Gasteiger partial charge in [-0.2, -0.15) is 0 Å². The molecular formula is C9H12NPZr. The van der Waals surface area contributed by atoms with Crippen molar-refractivity contribution in [2.24, 2.45) is 0 Å². The largest absolute Gasteiger partial charge is 2.00 e.